The van der Waals surface area contributed by atoms with Crippen LogP contribution < -0.4 is 4.74 Å². The van der Waals surface area contributed by atoms with Crippen LogP contribution in [0.3, 0.4) is 0 Å². The summed E-state index contributed by atoms with van der Waals surface area (Å²) in [7, 11) is 1.58. The van der Waals surface area contributed by atoms with Crippen LogP contribution in [0.5, 0.6) is 5.75 Å². The van der Waals surface area contributed by atoms with E-state index in [1.54, 1.807) is 24.1 Å². The van der Waals surface area contributed by atoms with Gasteiger partial charge in [0.25, 0.3) is 5.91 Å². The number of methoxy groups -OCH3 is 1. The van der Waals surface area contributed by atoms with Gasteiger partial charge in [-0.1, -0.05) is 6.07 Å². The standard InChI is InChI=1S/C18H26N2O4/c1-18(2,3)24-16(21)13-19-8-10-20(11-9-19)17(22)14-6-5-7-15(12-14)23-4/h5-7,12H,8-11,13H2,1-4H3. The Hall–Kier alpha value is -2.08. The number of esters is 1. The lowest BCUT2D eigenvalue weighted by Crippen LogP contribution is -2.50. The van der Waals surface area contributed by atoms with E-state index in [0.717, 1.165) is 0 Å². The highest BCUT2D eigenvalue weighted by Crippen LogP contribution is 2.16. The summed E-state index contributed by atoms with van der Waals surface area (Å²) < 4.78 is 10.5. The molecular formula is C18H26N2O4. The Kier molecular flexibility index (Phi) is 5.83. The van der Waals surface area contributed by atoms with Gasteiger partial charge in [0.05, 0.1) is 13.7 Å². The molecule has 0 aliphatic carbocycles. The summed E-state index contributed by atoms with van der Waals surface area (Å²) in [6, 6.07) is 7.16. The second-order valence-corrected chi connectivity index (χ2v) is 6.89. The van der Waals surface area contributed by atoms with E-state index >= 15 is 0 Å². The van der Waals surface area contributed by atoms with Gasteiger partial charge in [-0.15, -0.1) is 0 Å². The molecule has 2 rings (SSSR count). The van der Waals surface area contributed by atoms with Crippen molar-refractivity contribution in [2.24, 2.45) is 0 Å². The van der Waals surface area contributed by atoms with E-state index in [1.807, 2.05) is 37.8 Å². The highest BCUT2D eigenvalue weighted by molar-refractivity contribution is 5.94. The summed E-state index contributed by atoms with van der Waals surface area (Å²) in [5, 5.41) is 0. The van der Waals surface area contributed by atoms with Crippen molar-refractivity contribution >= 4 is 11.9 Å². The average molecular weight is 334 g/mol. The van der Waals surface area contributed by atoms with Crippen molar-refractivity contribution in [3.05, 3.63) is 29.8 Å². The lowest BCUT2D eigenvalue weighted by molar-refractivity contribution is -0.156. The van der Waals surface area contributed by atoms with Crippen LogP contribution >= 0.6 is 0 Å². The first-order chi connectivity index (χ1) is 11.3. The predicted molar refractivity (Wildman–Crippen MR) is 91.2 cm³/mol. The zero-order valence-corrected chi connectivity index (χ0v) is 14.9. The van der Waals surface area contributed by atoms with Gasteiger partial charge in [-0.25, -0.2) is 0 Å². The van der Waals surface area contributed by atoms with E-state index in [4.69, 9.17) is 9.47 Å². The van der Waals surface area contributed by atoms with Crippen molar-refractivity contribution in [2.75, 3.05) is 39.8 Å². The molecule has 1 fully saturated rings. The average Bonchev–Trinajstić information content (AvgIpc) is 2.53. The summed E-state index contributed by atoms with van der Waals surface area (Å²) in [6.45, 7) is 8.35. The minimum atomic E-state index is -0.471. The van der Waals surface area contributed by atoms with Crippen molar-refractivity contribution in [3.8, 4) is 5.75 Å². The van der Waals surface area contributed by atoms with Gasteiger partial charge in [0.1, 0.15) is 11.4 Å². The fourth-order valence-electron chi connectivity index (χ4n) is 2.60. The molecule has 0 radical (unpaired) electrons. The predicted octanol–water partition coefficient (Wildman–Crippen LogP) is 1.79. The highest BCUT2D eigenvalue weighted by atomic mass is 16.6. The van der Waals surface area contributed by atoms with Crippen LogP contribution in [0.4, 0.5) is 0 Å². The third kappa shape index (κ3) is 5.23. The van der Waals surface area contributed by atoms with Crippen LogP contribution in [0, 0.1) is 0 Å². The van der Waals surface area contributed by atoms with Gasteiger partial charge in [0.15, 0.2) is 0 Å². The molecule has 6 nitrogen and oxygen atoms in total. The maximum atomic E-state index is 12.5. The SMILES string of the molecule is COc1cccc(C(=O)N2CCN(CC(=O)OC(C)(C)C)CC2)c1. The third-order valence-electron chi connectivity index (χ3n) is 3.75. The van der Waals surface area contributed by atoms with E-state index in [0.29, 0.717) is 37.5 Å². The molecule has 0 N–H and O–H groups in total. The Balaban J connectivity index is 1.86. The summed E-state index contributed by atoms with van der Waals surface area (Å²) >= 11 is 0. The first kappa shape index (κ1) is 18.3. The van der Waals surface area contributed by atoms with Gasteiger partial charge in [-0.2, -0.15) is 0 Å². The molecule has 1 amide bonds. The number of carbonyl (C=O) groups is 2. The van der Waals surface area contributed by atoms with Crippen LogP contribution in [0.15, 0.2) is 24.3 Å². The van der Waals surface area contributed by atoms with Crippen molar-refractivity contribution in [3.63, 3.8) is 0 Å². The molecule has 1 saturated heterocycles. The lowest BCUT2D eigenvalue weighted by Gasteiger charge is -2.34. The van der Waals surface area contributed by atoms with E-state index in [1.165, 1.54) is 0 Å². The van der Waals surface area contributed by atoms with Crippen LogP contribution in [0.25, 0.3) is 0 Å². The van der Waals surface area contributed by atoms with E-state index in [2.05, 4.69) is 0 Å². The van der Waals surface area contributed by atoms with Crippen LogP contribution in [0.1, 0.15) is 31.1 Å². The third-order valence-corrected chi connectivity index (χ3v) is 3.75. The number of nitrogens with zero attached hydrogens (tertiary/aromatic N) is 2. The zero-order chi connectivity index (χ0) is 17.7. The summed E-state index contributed by atoms with van der Waals surface area (Å²) in [6.07, 6.45) is 0. The smallest absolute Gasteiger partial charge is 0.320 e. The topological polar surface area (TPSA) is 59.1 Å². The number of amides is 1. The Labute approximate surface area is 143 Å². The van der Waals surface area contributed by atoms with Crippen LogP contribution in [-0.2, 0) is 9.53 Å². The van der Waals surface area contributed by atoms with Crippen LogP contribution in [-0.4, -0.2) is 67.1 Å². The first-order valence-corrected chi connectivity index (χ1v) is 8.16. The molecule has 0 bridgehead atoms. The minimum absolute atomic E-state index is 0.00850. The number of ether oxygens (including phenoxy) is 2. The maximum Gasteiger partial charge on any atom is 0.320 e. The number of hydrogen-bond donors (Lipinski definition) is 0. The second kappa shape index (κ2) is 7.66. The number of benzene rings is 1. The van der Waals surface area contributed by atoms with E-state index in [9.17, 15) is 9.59 Å². The molecular weight excluding hydrogens is 308 g/mol. The van der Waals surface area contributed by atoms with Crippen molar-refractivity contribution < 1.29 is 19.1 Å². The maximum absolute atomic E-state index is 12.5. The first-order valence-electron chi connectivity index (χ1n) is 8.16. The monoisotopic (exact) mass is 334 g/mol. The minimum Gasteiger partial charge on any atom is -0.497 e. The summed E-state index contributed by atoms with van der Waals surface area (Å²) in [4.78, 5) is 28.2. The quantitative estimate of drug-likeness (QED) is 0.786. The number of piperazine rings is 1. The molecule has 0 unspecified atom stereocenters. The van der Waals surface area contributed by atoms with Gasteiger partial charge in [0.2, 0.25) is 0 Å². The van der Waals surface area contributed by atoms with Gasteiger partial charge in [0, 0.05) is 31.7 Å². The Morgan fingerprint density at radius 3 is 2.38 bits per heavy atom. The fraction of sp³-hybridized carbons (Fsp3) is 0.556. The lowest BCUT2D eigenvalue weighted by atomic mass is 10.1. The van der Waals surface area contributed by atoms with E-state index < -0.39 is 5.60 Å². The molecule has 0 aromatic heterocycles. The molecule has 0 saturated carbocycles. The molecule has 24 heavy (non-hydrogen) atoms. The molecule has 1 heterocycles. The largest absolute Gasteiger partial charge is 0.497 e. The van der Waals surface area contributed by atoms with Gasteiger partial charge in [-0.05, 0) is 39.0 Å². The molecule has 1 aromatic rings. The second-order valence-electron chi connectivity index (χ2n) is 6.89. The molecule has 6 heteroatoms. The zero-order valence-electron chi connectivity index (χ0n) is 14.9. The van der Waals surface area contributed by atoms with Gasteiger partial charge < -0.3 is 14.4 Å². The summed E-state index contributed by atoms with van der Waals surface area (Å²) in [5.74, 6) is 0.435. The Morgan fingerprint density at radius 1 is 1.12 bits per heavy atom. The normalized spacial score (nSPS) is 15.9. The molecule has 132 valence electrons. The number of hydrogen-bond acceptors (Lipinski definition) is 5. The van der Waals surface area contributed by atoms with E-state index in [-0.39, 0.29) is 18.4 Å². The molecule has 1 aliphatic rings. The molecule has 1 aliphatic heterocycles. The summed E-state index contributed by atoms with van der Waals surface area (Å²) in [5.41, 5.74) is 0.149. The number of carbonyl (C=O) groups excluding carboxylic acids is 2. The Morgan fingerprint density at radius 2 is 1.79 bits per heavy atom. The number of rotatable bonds is 4. The molecule has 0 spiro atoms. The van der Waals surface area contributed by atoms with Gasteiger partial charge >= 0.3 is 5.97 Å². The van der Waals surface area contributed by atoms with Gasteiger partial charge in [-0.3, -0.25) is 14.5 Å². The fourth-order valence-corrected chi connectivity index (χ4v) is 2.60. The highest BCUT2D eigenvalue weighted by Gasteiger charge is 2.25. The van der Waals surface area contributed by atoms with Crippen molar-refractivity contribution in [2.45, 2.75) is 26.4 Å². The molecule has 1 aromatic carbocycles. The van der Waals surface area contributed by atoms with Crippen molar-refractivity contribution in [1.82, 2.24) is 9.80 Å². The Bertz CT molecular complexity index is 587. The molecule has 0 atom stereocenters. The van der Waals surface area contributed by atoms with Crippen LogP contribution in [0.2, 0.25) is 0 Å². The van der Waals surface area contributed by atoms with Crippen molar-refractivity contribution in [1.29, 1.82) is 0 Å².